The molecule has 1 saturated heterocycles. The summed E-state index contributed by atoms with van der Waals surface area (Å²) in [6.45, 7) is 8.87. The fourth-order valence-electron chi connectivity index (χ4n) is 2.74. The lowest BCUT2D eigenvalue weighted by molar-refractivity contribution is -0.128. The molecule has 0 aromatic heterocycles. The topological polar surface area (TPSA) is 35.6 Å². The number of hydrogen-bond acceptors (Lipinski definition) is 3. The fourth-order valence-corrected chi connectivity index (χ4v) is 2.98. The zero-order chi connectivity index (χ0) is 15.2. The Balaban J connectivity index is 2.17. The largest absolute Gasteiger partial charge is 0.369 e. The van der Waals surface area contributed by atoms with Crippen LogP contribution in [0.1, 0.15) is 25.8 Å². The first kappa shape index (κ1) is 16.1. The smallest absolute Gasteiger partial charge is 0.219 e. The molecule has 116 valence electrons. The molecular weight excluding hydrogens is 286 g/mol. The van der Waals surface area contributed by atoms with Crippen LogP contribution in [-0.4, -0.2) is 43.5 Å². The zero-order valence-electron chi connectivity index (χ0n) is 12.9. The van der Waals surface area contributed by atoms with Gasteiger partial charge in [-0.3, -0.25) is 4.79 Å². The molecule has 0 bridgehead atoms. The highest BCUT2D eigenvalue weighted by molar-refractivity contribution is 6.31. The average molecular weight is 310 g/mol. The molecule has 1 aliphatic rings. The monoisotopic (exact) mass is 309 g/mol. The third kappa shape index (κ3) is 4.11. The summed E-state index contributed by atoms with van der Waals surface area (Å²) in [6.07, 6.45) is 0.993. The molecular formula is C16H24ClN3O. The Morgan fingerprint density at radius 1 is 1.29 bits per heavy atom. The number of benzene rings is 1. The number of nitrogens with zero attached hydrogens (tertiary/aromatic N) is 2. The number of carbonyl (C=O) groups is 1. The van der Waals surface area contributed by atoms with Crippen molar-refractivity contribution in [3.05, 3.63) is 28.8 Å². The molecule has 1 aromatic carbocycles. The minimum Gasteiger partial charge on any atom is -0.369 e. The Labute approximate surface area is 132 Å². The molecule has 5 heteroatoms. The van der Waals surface area contributed by atoms with Gasteiger partial charge in [0.1, 0.15) is 0 Å². The van der Waals surface area contributed by atoms with Crippen LogP contribution in [0.25, 0.3) is 0 Å². The molecule has 1 aliphatic heterocycles. The maximum absolute atomic E-state index is 11.5. The van der Waals surface area contributed by atoms with Crippen molar-refractivity contribution in [3.8, 4) is 0 Å². The second-order valence-corrected chi connectivity index (χ2v) is 5.77. The predicted octanol–water partition coefficient (Wildman–Crippen LogP) is 2.51. The molecule has 0 saturated carbocycles. The summed E-state index contributed by atoms with van der Waals surface area (Å²) in [4.78, 5) is 15.8. The number of anilines is 1. The highest BCUT2D eigenvalue weighted by atomic mass is 35.5. The van der Waals surface area contributed by atoms with Crippen molar-refractivity contribution in [1.29, 1.82) is 0 Å². The fraction of sp³-hybridized carbons (Fsp3) is 0.562. The summed E-state index contributed by atoms with van der Waals surface area (Å²) in [5, 5.41) is 4.16. The first-order valence-corrected chi connectivity index (χ1v) is 7.99. The van der Waals surface area contributed by atoms with E-state index >= 15 is 0 Å². The van der Waals surface area contributed by atoms with Gasteiger partial charge in [-0.2, -0.15) is 0 Å². The van der Waals surface area contributed by atoms with Crippen LogP contribution in [0.5, 0.6) is 0 Å². The second kappa shape index (κ2) is 7.66. The highest BCUT2D eigenvalue weighted by Gasteiger charge is 2.19. The summed E-state index contributed by atoms with van der Waals surface area (Å²) in [5.41, 5.74) is 2.34. The van der Waals surface area contributed by atoms with Crippen molar-refractivity contribution in [1.82, 2.24) is 10.2 Å². The van der Waals surface area contributed by atoms with Gasteiger partial charge in [-0.25, -0.2) is 0 Å². The Morgan fingerprint density at radius 2 is 2.10 bits per heavy atom. The van der Waals surface area contributed by atoms with Crippen LogP contribution in [0.4, 0.5) is 5.69 Å². The van der Waals surface area contributed by atoms with Crippen LogP contribution in [0.15, 0.2) is 18.2 Å². The van der Waals surface area contributed by atoms with E-state index in [1.54, 1.807) is 6.92 Å². The second-order valence-electron chi connectivity index (χ2n) is 5.36. The van der Waals surface area contributed by atoms with Crippen molar-refractivity contribution in [2.75, 3.05) is 37.6 Å². The molecule has 21 heavy (non-hydrogen) atoms. The van der Waals surface area contributed by atoms with Crippen LogP contribution in [0, 0.1) is 0 Å². The Morgan fingerprint density at radius 3 is 2.81 bits per heavy atom. The average Bonchev–Trinajstić information content (AvgIpc) is 2.71. The molecule has 0 radical (unpaired) electrons. The van der Waals surface area contributed by atoms with Gasteiger partial charge >= 0.3 is 0 Å². The first-order valence-electron chi connectivity index (χ1n) is 7.62. The third-order valence-electron chi connectivity index (χ3n) is 3.93. The van der Waals surface area contributed by atoms with Gasteiger partial charge < -0.3 is 15.1 Å². The van der Waals surface area contributed by atoms with Crippen LogP contribution < -0.4 is 10.2 Å². The molecule has 0 spiro atoms. The lowest BCUT2D eigenvalue weighted by Gasteiger charge is -2.26. The number of hydrogen-bond donors (Lipinski definition) is 1. The van der Waals surface area contributed by atoms with Crippen molar-refractivity contribution < 1.29 is 4.79 Å². The Bertz CT molecular complexity index is 492. The molecule has 1 heterocycles. The van der Waals surface area contributed by atoms with Gasteiger partial charge in [0.05, 0.1) is 0 Å². The van der Waals surface area contributed by atoms with Gasteiger partial charge in [0.25, 0.3) is 0 Å². The molecule has 1 N–H and O–H groups in total. The van der Waals surface area contributed by atoms with Gasteiger partial charge in [0.15, 0.2) is 0 Å². The first-order chi connectivity index (χ1) is 10.1. The van der Waals surface area contributed by atoms with E-state index in [0.29, 0.717) is 0 Å². The number of halogens is 1. The lowest BCUT2D eigenvalue weighted by atomic mass is 10.1. The summed E-state index contributed by atoms with van der Waals surface area (Å²) in [5.74, 6) is 0.163. The van der Waals surface area contributed by atoms with E-state index in [1.165, 1.54) is 5.69 Å². The third-order valence-corrected chi connectivity index (χ3v) is 4.28. The summed E-state index contributed by atoms with van der Waals surface area (Å²) >= 11 is 6.37. The molecule has 0 atom stereocenters. The molecule has 4 nitrogen and oxygen atoms in total. The Kier molecular flexibility index (Phi) is 5.88. The normalized spacial score (nSPS) is 16.0. The van der Waals surface area contributed by atoms with E-state index in [4.69, 9.17) is 11.6 Å². The summed E-state index contributed by atoms with van der Waals surface area (Å²) in [6, 6.07) is 6.07. The predicted molar refractivity (Wildman–Crippen MR) is 87.9 cm³/mol. The van der Waals surface area contributed by atoms with E-state index in [-0.39, 0.29) is 5.91 Å². The van der Waals surface area contributed by atoms with Crippen LogP contribution in [0.2, 0.25) is 5.02 Å². The zero-order valence-corrected chi connectivity index (χ0v) is 13.6. The SMILES string of the molecule is CCNCc1c(Cl)cccc1N1CCCN(C(C)=O)CC1. The minimum atomic E-state index is 0.163. The minimum absolute atomic E-state index is 0.163. The number of nitrogens with one attached hydrogen (secondary N) is 1. The van der Waals surface area contributed by atoms with Crippen molar-refractivity contribution in [3.63, 3.8) is 0 Å². The molecule has 1 aromatic rings. The van der Waals surface area contributed by atoms with Crippen LogP contribution in [-0.2, 0) is 11.3 Å². The lowest BCUT2D eigenvalue weighted by Crippen LogP contribution is -2.34. The number of carbonyl (C=O) groups excluding carboxylic acids is 1. The van der Waals surface area contributed by atoms with Gasteiger partial charge in [0, 0.05) is 55.9 Å². The maximum Gasteiger partial charge on any atom is 0.219 e. The van der Waals surface area contributed by atoms with Gasteiger partial charge in [-0.1, -0.05) is 24.6 Å². The van der Waals surface area contributed by atoms with Crippen molar-refractivity contribution in [2.45, 2.75) is 26.8 Å². The number of amides is 1. The van der Waals surface area contributed by atoms with E-state index < -0.39 is 0 Å². The van der Waals surface area contributed by atoms with E-state index in [9.17, 15) is 4.79 Å². The maximum atomic E-state index is 11.5. The molecule has 2 rings (SSSR count). The summed E-state index contributed by atoms with van der Waals surface area (Å²) < 4.78 is 0. The van der Waals surface area contributed by atoms with E-state index in [0.717, 1.165) is 56.3 Å². The van der Waals surface area contributed by atoms with Gasteiger partial charge in [-0.15, -0.1) is 0 Å². The van der Waals surface area contributed by atoms with Crippen LogP contribution >= 0.6 is 11.6 Å². The standard InChI is InChI=1S/C16H24ClN3O/c1-3-18-12-14-15(17)6-4-7-16(14)20-9-5-8-19(10-11-20)13(2)21/h4,6-7,18H,3,5,8-12H2,1-2H3. The van der Waals surface area contributed by atoms with E-state index in [1.807, 2.05) is 17.0 Å². The highest BCUT2D eigenvalue weighted by Crippen LogP contribution is 2.28. The van der Waals surface area contributed by atoms with Crippen molar-refractivity contribution >= 4 is 23.2 Å². The molecule has 1 fully saturated rings. The van der Waals surface area contributed by atoms with Crippen LogP contribution in [0.3, 0.4) is 0 Å². The summed E-state index contributed by atoms with van der Waals surface area (Å²) in [7, 11) is 0. The van der Waals surface area contributed by atoms with Crippen molar-refractivity contribution in [2.24, 2.45) is 0 Å². The molecule has 1 amide bonds. The van der Waals surface area contributed by atoms with Gasteiger partial charge in [-0.05, 0) is 25.1 Å². The molecule has 0 aliphatic carbocycles. The Hall–Kier alpha value is -1.26. The van der Waals surface area contributed by atoms with E-state index in [2.05, 4.69) is 23.2 Å². The quantitative estimate of drug-likeness (QED) is 0.928. The molecule has 0 unspecified atom stereocenters. The van der Waals surface area contributed by atoms with Gasteiger partial charge in [0.2, 0.25) is 5.91 Å². The number of rotatable bonds is 4.